The lowest BCUT2D eigenvalue weighted by molar-refractivity contribution is 0.399. The van der Waals surface area contributed by atoms with Gasteiger partial charge < -0.3 is 5.32 Å². The molecule has 1 saturated carbocycles. The summed E-state index contributed by atoms with van der Waals surface area (Å²) in [6.07, 6.45) is 12.4. The zero-order valence-electron chi connectivity index (χ0n) is 8.26. The minimum absolute atomic E-state index is 0.649. The highest BCUT2D eigenvalue weighted by molar-refractivity contribution is 5.17. The fourth-order valence-corrected chi connectivity index (χ4v) is 1.74. The summed E-state index contributed by atoms with van der Waals surface area (Å²) in [5.41, 5.74) is 1.01. The molecule has 0 heterocycles. The molecule has 0 saturated heterocycles. The largest absolute Gasteiger partial charge is 0.383 e. The molecule has 0 spiro atoms. The van der Waals surface area contributed by atoms with E-state index in [0.29, 0.717) is 6.04 Å². The van der Waals surface area contributed by atoms with E-state index in [1.807, 2.05) is 12.2 Å². The van der Waals surface area contributed by atoms with E-state index in [4.69, 9.17) is 0 Å². The van der Waals surface area contributed by atoms with Crippen molar-refractivity contribution in [3.05, 3.63) is 37.1 Å². The van der Waals surface area contributed by atoms with Crippen molar-refractivity contribution in [3.63, 3.8) is 0 Å². The molecule has 0 amide bonds. The highest BCUT2D eigenvalue weighted by Gasteiger charge is 2.11. The zero-order valence-corrected chi connectivity index (χ0v) is 8.26. The smallest absolute Gasteiger partial charge is 0.0269 e. The number of nitrogens with one attached hydrogen (secondary N) is 1. The minimum Gasteiger partial charge on any atom is -0.383 e. The van der Waals surface area contributed by atoms with E-state index in [2.05, 4.69) is 18.5 Å². The molecule has 1 nitrogen and oxygen atoms in total. The molecule has 1 fully saturated rings. The van der Waals surface area contributed by atoms with E-state index in [1.54, 1.807) is 6.08 Å². The maximum Gasteiger partial charge on any atom is 0.0269 e. The van der Waals surface area contributed by atoms with Gasteiger partial charge in [0.25, 0.3) is 0 Å². The molecule has 0 aliphatic heterocycles. The Morgan fingerprint density at radius 3 is 2.54 bits per heavy atom. The molecule has 0 aromatic carbocycles. The summed E-state index contributed by atoms with van der Waals surface area (Å²) in [4.78, 5) is 0. The van der Waals surface area contributed by atoms with Gasteiger partial charge in [-0.05, 0) is 18.9 Å². The molecule has 72 valence electrons. The predicted molar refractivity (Wildman–Crippen MR) is 58.5 cm³/mol. The van der Waals surface area contributed by atoms with E-state index >= 15 is 0 Å². The molecule has 1 aliphatic rings. The summed E-state index contributed by atoms with van der Waals surface area (Å²) < 4.78 is 0. The molecule has 0 atom stereocenters. The Labute approximate surface area is 81.2 Å². The lowest BCUT2D eigenvalue weighted by Gasteiger charge is -2.23. The molecule has 1 rings (SSSR count). The normalized spacial score (nSPS) is 18.8. The molecule has 0 bridgehead atoms. The van der Waals surface area contributed by atoms with Gasteiger partial charge in [-0.2, -0.15) is 0 Å². The molecular formula is C12H19N. The van der Waals surface area contributed by atoms with Crippen LogP contribution in [0.5, 0.6) is 0 Å². The summed E-state index contributed by atoms with van der Waals surface area (Å²) in [5.74, 6) is 0. The Morgan fingerprint density at radius 1 is 1.23 bits per heavy atom. The zero-order chi connectivity index (χ0) is 9.52. The van der Waals surface area contributed by atoms with Crippen molar-refractivity contribution in [1.29, 1.82) is 0 Å². The van der Waals surface area contributed by atoms with Crippen LogP contribution in [0.25, 0.3) is 0 Å². The standard InChI is InChI=1S/C12H19N/c1-3-4-8-11(2)13-12-9-6-5-7-10-12/h3-4,8,12-13H,1-2,5-7,9-10H2/b8-4-. The predicted octanol–water partition coefficient (Wildman–Crippen LogP) is 3.16. The maximum absolute atomic E-state index is 3.94. The second-order valence-electron chi connectivity index (χ2n) is 3.60. The molecule has 0 aromatic heterocycles. The summed E-state index contributed by atoms with van der Waals surface area (Å²) in [5, 5.41) is 3.42. The summed E-state index contributed by atoms with van der Waals surface area (Å²) in [7, 11) is 0. The molecule has 13 heavy (non-hydrogen) atoms. The quantitative estimate of drug-likeness (QED) is 0.650. The van der Waals surface area contributed by atoms with Crippen LogP contribution in [-0.2, 0) is 0 Å². The van der Waals surface area contributed by atoms with Gasteiger partial charge in [-0.1, -0.05) is 44.6 Å². The third-order valence-corrected chi connectivity index (χ3v) is 2.43. The van der Waals surface area contributed by atoms with Crippen LogP contribution in [0.3, 0.4) is 0 Å². The monoisotopic (exact) mass is 177 g/mol. The van der Waals surface area contributed by atoms with Gasteiger partial charge in [0.15, 0.2) is 0 Å². The number of allylic oxidation sites excluding steroid dienone is 3. The fraction of sp³-hybridized carbons (Fsp3) is 0.500. The molecule has 1 aliphatic carbocycles. The first-order valence-corrected chi connectivity index (χ1v) is 5.07. The first-order valence-electron chi connectivity index (χ1n) is 5.07. The molecule has 1 heteroatoms. The van der Waals surface area contributed by atoms with Gasteiger partial charge in [-0.3, -0.25) is 0 Å². The lowest BCUT2D eigenvalue weighted by atomic mass is 9.95. The second-order valence-corrected chi connectivity index (χ2v) is 3.60. The number of rotatable bonds is 4. The first-order chi connectivity index (χ1) is 6.33. The van der Waals surface area contributed by atoms with Crippen LogP contribution in [0.1, 0.15) is 32.1 Å². The summed E-state index contributed by atoms with van der Waals surface area (Å²) in [6.45, 7) is 7.56. The maximum atomic E-state index is 3.94. The molecular weight excluding hydrogens is 158 g/mol. The molecule has 0 radical (unpaired) electrons. The SMILES string of the molecule is C=C/C=C\C(=C)NC1CCCCC1. The Bertz CT molecular complexity index is 197. The van der Waals surface area contributed by atoms with Crippen LogP contribution in [0, 0.1) is 0 Å². The topological polar surface area (TPSA) is 12.0 Å². The Hall–Kier alpha value is -0.980. The van der Waals surface area contributed by atoms with Gasteiger partial charge >= 0.3 is 0 Å². The van der Waals surface area contributed by atoms with Gasteiger partial charge in [0.2, 0.25) is 0 Å². The van der Waals surface area contributed by atoms with E-state index in [-0.39, 0.29) is 0 Å². The minimum atomic E-state index is 0.649. The van der Waals surface area contributed by atoms with Gasteiger partial charge in [0.1, 0.15) is 0 Å². The van der Waals surface area contributed by atoms with Gasteiger partial charge in [0, 0.05) is 11.7 Å². The van der Waals surface area contributed by atoms with Gasteiger partial charge in [-0.25, -0.2) is 0 Å². The average Bonchev–Trinajstić information content (AvgIpc) is 2.16. The van der Waals surface area contributed by atoms with Crippen molar-refractivity contribution in [1.82, 2.24) is 5.32 Å². The van der Waals surface area contributed by atoms with Crippen LogP contribution in [0.4, 0.5) is 0 Å². The summed E-state index contributed by atoms with van der Waals surface area (Å²) in [6, 6.07) is 0.649. The van der Waals surface area contributed by atoms with Crippen molar-refractivity contribution < 1.29 is 0 Å². The van der Waals surface area contributed by atoms with Crippen LogP contribution in [0.15, 0.2) is 37.1 Å². The lowest BCUT2D eigenvalue weighted by Crippen LogP contribution is -2.29. The van der Waals surface area contributed by atoms with Gasteiger partial charge in [0.05, 0.1) is 0 Å². The van der Waals surface area contributed by atoms with E-state index < -0.39 is 0 Å². The molecule has 0 unspecified atom stereocenters. The van der Waals surface area contributed by atoms with Gasteiger partial charge in [-0.15, -0.1) is 0 Å². The fourth-order valence-electron chi connectivity index (χ4n) is 1.74. The van der Waals surface area contributed by atoms with Crippen molar-refractivity contribution in [2.45, 2.75) is 38.1 Å². The summed E-state index contributed by atoms with van der Waals surface area (Å²) >= 11 is 0. The van der Waals surface area contributed by atoms with Crippen LogP contribution < -0.4 is 5.32 Å². The first kappa shape index (κ1) is 10.1. The highest BCUT2D eigenvalue weighted by atomic mass is 14.9. The third-order valence-electron chi connectivity index (χ3n) is 2.43. The number of hydrogen-bond acceptors (Lipinski definition) is 1. The second kappa shape index (κ2) is 5.63. The third kappa shape index (κ3) is 3.97. The van der Waals surface area contributed by atoms with E-state index in [1.165, 1.54) is 32.1 Å². The van der Waals surface area contributed by atoms with Crippen LogP contribution in [-0.4, -0.2) is 6.04 Å². The van der Waals surface area contributed by atoms with Crippen molar-refractivity contribution in [2.75, 3.05) is 0 Å². The number of hydrogen-bond donors (Lipinski definition) is 1. The van der Waals surface area contributed by atoms with E-state index in [9.17, 15) is 0 Å². The average molecular weight is 177 g/mol. The molecule has 0 aromatic rings. The van der Waals surface area contributed by atoms with Crippen molar-refractivity contribution in [3.8, 4) is 0 Å². The van der Waals surface area contributed by atoms with E-state index in [0.717, 1.165) is 5.70 Å². The Kier molecular flexibility index (Phi) is 4.37. The van der Waals surface area contributed by atoms with Crippen molar-refractivity contribution in [2.24, 2.45) is 0 Å². The highest BCUT2D eigenvalue weighted by Crippen LogP contribution is 2.18. The molecule has 1 N–H and O–H groups in total. The van der Waals surface area contributed by atoms with Crippen molar-refractivity contribution >= 4 is 0 Å². The Balaban J connectivity index is 2.25. The van der Waals surface area contributed by atoms with Crippen LogP contribution >= 0.6 is 0 Å². The Morgan fingerprint density at radius 2 is 1.92 bits per heavy atom. The van der Waals surface area contributed by atoms with Crippen LogP contribution in [0.2, 0.25) is 0 Å².